The highest BCUT2D eigenvalue weighted by atomic mass is 16.3. The first kappa shape index (κ1) is 25.8. The maximum atomic E-state index is 6.21. The van der Waals surface area contributed by atoms with Gasteiger partial charge in [0.2, 0.25) is 0 Å². The van der Waals surface area contributed by atoms with Crippen LogP contribution >= 0.6 is 0 Å². The number of aromatic nitrogens is 4. The minimum atomic E-state index is 0.588. The van der Waals surface area contributed by atoms with Gasteiger partial charge in [-0.15, -0.1) is 0 Å². The predicted octanol–water partition coefficient (Wildman–Crippen LogP) is 10.8. The summed E-state index contributed by atoms with van der Waals surface area (Å²) in [5, 5.41) is 11.3. The SMILES string of the molecule is c1ccc2cc(-c3nc(-c4cc5ccccc5c5c4ccc4ccccc45)nc(-c4cccc5oc6cnccc6c45)n3)ccc2c1. The van der Waals surface area contributed by atoms with Gasteiger partial charge in [-0.25, -0.2) is 15.0 Å². The molecule has 5 nitrogen and oxygen atoms in total. The minimum absolute atomic E-state index is 0.588. The van der Waals surface area contributed by atoms with Gasteiger partial charge in [-0.1, -0.05) is 109 Å². The fraction of sp³-hybridized carbons (Fsp3) is 0. The fourth-order valence-electron chi connectivity index (χ4n) is 7.00. The lowest BCUT2D eigenvalue weighted by atomic mass is 9.92. The van der Waals surface area contributed by atoms with Crippen LogP contribution in [0.15, 0.2) is 150 Å². The van der Waals surface area contributed by atoms with Crippen LogP contribution < -0.4 is 0 Å². The lowest BCUT2D eigenvalue weighted by Gasteiger charge is -2.14. The Labute approximate surface area is 268 Å². The highest BCUT2D eigenvalue weighted by molar-refractivity contribution is 6.23. The Morgan fingerprint density at radius 3 is 1.98 bits per heavy atom. The molecule has 0 spiro atoms. The average Bonchev–Trinajstić information content (AvgIpc) is 3.53. The molecule has 10 aromatic rings. The van der Waals surface area contributed by atoms with Crippen molar-refractivity contribution in [2.24, 2.45) is 0 Å². The highest BCUT2D eigenvalue weighted by Gasteiger charge is 2.20. The molecule has 7 aromatic carbocycles. The van der Waals surface area contributed by atoms with Crippen molar-refractivity contribution in [1.29, 1.82) is 0 Å². The van der Waals surface area contributed by atoms with Crippen LogP contribution in [0.2, 0.25) is 0 Å². The van der Waals surface area contributed by atoms with Crippen LogP contribution in [0, 0.1) is 0 Å². The zero-order valence-electron chi connectivity index (χ0n) is 25.1. The molecule has 0 aliphatic heterocycles. The zero-order chi connectivity index (χ0) is 30.9. The molecule has 0 N–H and O–H groups in total. The molecule has 0 aliphatic carbocycles. The van der Waals surface area contributed by atoms with E-state index < -0.39 is 0 Å². The van der Waals surface area contributed by atoms with Gasteiger partial charge >= 0.3 is 0 Å². The number of nitrogens with zero attached hydrogens (tertiary/aromatic N) is 4. The van der Waals surface area contributed by atoms with E-state index in [0.29, 0.717) is 17.5 Å². The summed E-state index contributed by atoms with van der Waals surface area (Å²) in [7, 11) is 0. The van der Waals surface area contributed by atoms with E-state index in [4.69, 9.17) is 19.4 Å². The minimum Gasteiger partial charge on any atom is -0.454 e. The molecule has 5 heteroatoms. The van der Waals surface area contributed by atoms with Crippen molar-refractivity contribution in [3.63, 3.8) is 0 Å². The Bertz CT molecular complexity index is 2860. The van der Waals surface area contributed by atoms with Crippen LogP contribution in [-0.2, 0) is 0 Å². The number of fused-ring (bicyclic) bond motifs is 9. The van der Waals surface area contributed by atoms with E-state index in [1.807, 2.05) is 18.2 Å². The second-order valence-electron chi connectivity index (χ2n) is 11.9. The van der Waals surface area contributed by atoms with Crippen molar-refractivity contribution >= 4 is 65.0 Å². The lowest BCUT2D eigenvalue weighted by molar-refractivity contribution is 0.667. The van der Waals surface area contributed by atoms with Crippen molar-refractivity contribution < 1.29 is 4.42 Å². The molecule has 0 bridgehead atoms. The highest BCUT2D eigenvalue weighted by Crippen LogP contribution is 2.40. The number of furan rings is 1. The second-order valence-corrected chi connectivity index (χ2v) is 11.9. The Morgan fingerprint density at radius 1 is 0.404 bits per heavy atom. The standard InChI is InChI=1S/C42H24N4O/c1-2-10-27-22-29(17-16-25(27)8-1)40-44-41(34-14-7-15-36-39(34)33-20-21-43-24-37(33)47-36)46-42(45-40)35-23-28-11-4-6-13-31(28)38-30-12-5-3-9-26(30)18-19-32(35)38/h1-24H. The van der Waals surface area contributed by atoms with E-state index in [-0.39, 0.29) is 0 Å². The summed E-state index contributed by atoms with van der Waals surface area (Å²) < 4.78 is 6.21. The average molecular weight is 601 g/mol. The predicted molar refractivity (Wildman–Crippen MR) is 191 cm³/mol. The quantitative estimate of drug-likeness (QED) is 0.189. The smallest absolute Gasteiger partial charge is 0.164 e. The summed E-state index contributed by atoms with van der Waals surface area (Å²) >= 11 is 0. The molecule has 47 heavy (non-hydrogen) atoms. The normalized spacial score (nSPS) is 11.8. The molecule has 0 radical (unpaired) electrons. The largest absolute Gasteiger partial charge is 0.454 e. The third-order valence-electron chi connectivity index (χ3n) is 9.17. The molecule has 0 amide bonds. The van der Waals surface area contributed by atoms with Gasteiger partial charge in [0.25, 0.3) is 0 Å². The summed E-state index contributed by atoms with van der Waals surface area (Å²) in [4.78, 5) is 19.9. The number of hydrogen-bond donors (Lipinski definition) is 0. The molecule has 0 atom stereocenters. The molecule has 0 fully saturated rings. The Hall–Kier alpha value is -6.46. The molecule has 10 rings (SSSR count). The number of pyridine rings is 1. The van der Waals surface area contributed by atoms with Gasteiger partial charge in [-0.2, -0.15) is 0 Å². The van der Waals surface area contributed by atoms with Crippen LogP contribution in [0.1, 0.15) is 0 Å². The lowest BCUT2D eigenvalue weighted by Crippen LogP contribution is -2.01. The molecule has 0 aliphatic rings. The molecular weight excluding hydrogens is 576 g/mol. The summed E-state index contributed by atoms with van der Waals surface area (Å²) in [6.45, 7) is 0. The summed E-state index contributed by atoms with van der Waals surface area (Å²) in [6, 6.07) is 46.5. The van der Waals surface area contributed by atoms with Gasteiger partial charge in [-0.3, -0.25) is 4.98 Å². The Kier molecular flexibility index (Phi) is 5.51. The maximum Gasteiger partial charge on any atom is 0.164 e. The molecule has 3 aromatic heterocycles. The van der Waals surface area contributed by atoms with Crippen LogP contribution in [0.25, 0.3) is 99.2 Å². The van der Waals surface area contributed by atoms with E-state index in [1.54, 1.807) is 12.4 Å². The van der Waals surface area contributed by atoms with Crippen molar-refractivity contribution in [3.8, 4) is 34.2 Å². The van der Waals surface area contributed by atoms with Crippen LogP contribution in [-0.4, -0.2) is 19.9 Å². The summed E-state index contributed by atoms with van der Waals surface area (Å²) in [5.41, 5.74) is 4.27. The van der Waals surface area contributed by atoms with Gasteiger partial charge in [0, 0.05) is 33.7 Å². The van der Waals surface area contributed by atoms with E-state index >= 15 is 0 Å². The van der Waals surface area contributed by atoms with Crippen molar-refractivity contribution in [1.82, 2.24) is 19.9 Å². The molecule has 0 saturated carbocycles. The van der Waals surface area contributed by atoms with Gasteiger partial charge in [-0.05, 0) is 67.4 Å². The molecule has 218 valence electrons. The number of hydrogen-bond acceptors (Lipinski definition) is 5. The molecule has 0 saturated heterocycles. The van der Waals surface area contributed by atoms with Crippen LogP contribution in [0.5, 0.6) is 0 Å². The molecule has 0 unspecified atom stereocenters. The topological polar surface area (TPSA) is 64.7 Å². The van der Waals surface area contributed by atoms with Gasteiger partial charge in [0.05, 0.1) is 6.20 Å². The van der Waals surface area contributed by atoms with Gasteiger partial charge in [0.15, 0.2) is 23.1 Å². The molecular formula is C42H24N4O. The van der Waals surface area contributed by atoms with E-state index in [1.165, 1.54) is 26.9 Å². The zero-order valence-corrected chi connectivity index (χ0v) is 25.1. The van der Waals surface area contributed by atoms with Crippen molar-refractivity contribution in [2.75, 3.05) is 0 Å². The van der Waals surface area contributed by atoms with E-state index in [0.717, 1.165) is 54.8 Å². The van der Waals surface area contributed by atoms with Crippen molar-refractivity contribution in [3.05, 3.63) is 146 Å². The Balaban J connectivity index is 1.31. The van der Waals surface area contributed by atoms with Gasteiger partial charge in [0.1, 0.15) is 5.58 Å². The first-order chi connectivity index (χ1) is 23.3. The maximum absolute atomic E-state index is 6.21. The molecule has 3 heterocycles. The first-order valence-electron chi connectivity index (χ1n) is 15.6. The summed E-state index contributed by atoms with van der Waals surface area (Å²) in [5.74, 6) is 1.82. The van der Waals surface area contributed by atoms with E-state index in [9.17, 15) is 0 Å². The van der Waals surface area contributed by atoms with Gasteiger partial charge < -0.3 is 4.42 Å². The fourth-order valence-corrected chi connectivity index (χ4v) is 7.00. The monoisotopic (exact) mass is 600 g/mol. The van der Waals surface area contributed by atoms with Crippen LogP contribution in [0.4, 0.5) is 0 Å². The first-order valence-corrected chi connectivity index (χ1v) is 15.6. The second kappa shape index (κ2) is 10.0. The van der Waals surface area contributed by atoms with Crippen LogP contribution in [0.3, 0.4) is 0 Å². The number of benzene rings is 7. The third kappa shape index (κ3) is 4.03. The Morgan fingerprint density at radius 2 is 1.11 bits per heavy atom. The number of rotatable bonds is 3. The van der Waals surface area contributed by atoms with E-state index in [2.05, 4.69) is 120 Å². The van der Waals surface area contributed by atoms with Crippen molar-refractivity contribution in [2.45, 2.75) is 0 Å². The third-order valence-corrected chi connectivity index (χ3v) is 9.17. The summed E-state index contributed by atoms with van der Waals surface area (Å²) in [6.07, 6.45) is 3.54.